The van der Waals surface area contributed by atoms with E-state index in [2.05, 4.69) is 67.7 Å². The minimum absolute atomic E-state index is 0.356. The minimum atomic E-state index is -3.30. The van der Waals surface area contributed by atoms with Gasteiger partial charge in [0.1, 0.15) is 0 Å². The molecule has 25 heavy (non-hydrogen) atoms. The Morgan fingerprint density at radius 2 is 1.16 bits per heavy atom. The fraction of sp³-hybridized carbons (Fsp3) is 0.500. The first-order valence-electron chi connectivity index (χ1n) is 9.13. The molecule has 0 aromatic carbocycles. The van der Waals surface area contributed by atoms with Crippen molar-refractivity contribution in [1.82, 2.24) is 0 Å². The van der Waals surface area contributed by atoms with E-state index in [-0.39, 0.29) is 0 Å². The quantitative estimate of drug-likeness (QED) is 0.213. The molecule has 0 saturated heterocycles. The molecule has 0 aliphatic heterocycles. The molecule has 0 amide bonds. The first kappa shape index (κ1) is 23.8. The van der Waals surface area contributed by atoms with Crippen LogP contribution in [0.4, 0.5) is 0 Å². The van der Waals surface area contributed by atoms with Gasteiger partial charge in [-0.3, -0.25) is 4.57 Å². The molecule has 0 unspecified atom stereocenters. The Kier molecular flexibility index (Phi) is 16.8. The lowest BCUT2D eigenvalue weighted by molar-refractivity contribution is 0.305. The van der Waals surface area contributed by atoms with Crippen molar-refractivity contribution < 1.29 is 9.09 Å². The summed E-state index contributed by atoms with van der Waals surface area (Å²) in [6, 6.07) is 0. The molecule has 0 radical (unpaired) electrons. The zero-order valence-electron chi connectivity index (χ0n) is 15.6. The highest BCUT2D eigenvalue weighted by Gasteiger charge is 2.06. The lowest BCUT2D eigenvalue weighted by Gasteiger charge is -2.06. The first-order valence-corrected chi connectivity index (χ1v) is 10.9. The van der Waals surface area contributed by atoms with Gasteiger partial charge in [-0.25, -0.2) is 11.0 Å². The van der Waals surface area contributed by atoms with E-state index in [9.17, 15) is 4.57 Å². The highest BCUT2D eigenvalue weighted by Crippen LogP contribution is 2.26. The molecular weight excluding hydrogens is 331 g/mol. The van der Waals surface area contributed by atoms with Gasteiger partial charge >= 0.3 is 7.67 Å². The Hall–Kier alpha value is -1.19. The number of nitrogens with two attached hydrogens (primary N) is 2. The van der Waals surface area contributed by atoms with Crippen molar-refractivity contribution >= 4 is 7.67 Å². The van der Waals surface area contributed by atoms with Crippen LogP contribution < -0.4 is 11.0 Å². The summed E-state index contributed by atoms with van der Waals surface area (Å²) in [5, 5.41) is 0. The van der Waals surface area contributed by atoms with E-state index in [4.69, 9.17) is 15.5 Å². The summed E-state index contributed by atoms with van der Waals surface area (Å²) in [6.45, 7) is 2.50. The van der Waals surface area contributed by atoms with Crippen molar-refractivity contribution in [3.63, 3.8) is 0 Å². The second-order valence-corrected chi connectivity index (χ2v) is 7.23. The average molecular weight is 366 g/mol. The maximum Gasteiger partial charge on any atom is 0.335 e. The molecule has 0 fully saturated rings. The predicted octanol–water partition coefficient (Wildman–Crippen LogP) is 5.95. The SMILES string of the molecule is CC/C=C\C/C=C\C/C=C\C/C=C\C/C=C\CCCCOP(N)(N)=O. The zero-order valence-corrected chi connectivity index (χ0v) is 16.5. The Bertz CT molecular complexity index is 488. The van der Waals surface area contributed by atoms with Gasteiger partial charge in [0.2, 0.25) is 0 Å². The topological polar surface area (TPSA) is 78.3 Å². The molecular formula is C20H35N2O2P. The molecule has 0 spiro atoms. The fourth-order valence-electron chi connectivity index (χ4n) is 1.94. The molecule has 0 bridgehead atoms. The van der Waals surface area contributed by atoms with Crippen LogP contribution in [0.5, 0.6) is 0 Å². The summed E-state index contributed by atoms with van der Waals surface area (Å²) >= 11 is 0. The first-order chi connectivity index (χ1) is 12.1. The molecule has 5 heteroatoms. The van der Waals surface area contributed by atoms with Crippen molar-refractivity contribution in [3.8, 4) is 0 Å². The van der Waals surface area contributed by atoms with Crippen molar-refractivity contribution in [3.05, 3.63) is 60.8 Å². The summed E-state index contributed by atoms with van der Waals surface area (Å²) in [7, 11) is -3.30. The van der Waals surface area contributed by atoms with E-state index >= 15 is 0 Å². The molecule has 0 saturated carbocycles. The Morgan fingerprint density at radius 3 is 1.60 bits per heavy atom. The standard InChI is InChI=1S/C20H35N2O2P/c1-2-3-4-5-6-7-8-9-10-11-12-13-14-15-16-17-18-19-20-24-25(21,22)23/h3-4,6-7,9-10,12-13,15-16H,2,5,8,11,14,17-20H2,1H3,(H4,21,22,23)/b4-3-,7-6-,10-9-,13-12-,16-15-. The van der Waals surface area contributed by atoms with Gasteiger partial charge in [0.15, 0.2) is 0 Å². The maximum absolute atomic E-state index is 10.9. The van der Waals surface area contributed by atoms with Crippen LogP contribution in [0.25, 0.3) is 0 Å². The fourth-order valence-corrected chi connectivity index (χ4v) is 2.35. The molecule has 4 nitrogen and oxygen atoms in total. The van der Waals surface area contributed by atoms with Crippen molar-refractivity contribution in [2.24, 2.45) is 11.0 Å². The van der Waals surface area contributed by atoms with E-state index in [1.165, 1.54) is 0 Å². The van der Waals surface area contributed by atoms with Gasteiger partial charge in [-0.1, -0.05) is 67.7 Å². The van der Waals surface area contributed by atoms with Crippen LogP contribution >= 0.6 is 7.67 Å². The summed E-state index contributed by atoms with van der Waals surface area (Å²) in [5.41, 5.74) is 10.2. The Balaban J connectivity index is 3.46. The third kappa shape index (κ3) is 22.8. The van der Waals surface area contributed by atoms with Crippen LogP contribution in [-0.4, -0.2) is 6.61 Å². The second-order valence-electron chi connectivity index (χ2n) is 5.68. The summed E-state index contributed by atoms with van der Waals surface area (Å²) in [4.78, 5) is 0. The van der Waals surface area contributed by atoms with Crippen molar-refractivity contribution in [2.75, 3.05) is 6.61 Å². The third-order valence-electron chi connectivity index (χ3n) is 3.22. The Labute approximate surface area is 154 Å². The van der Waals surface area contributed by atoms with E-state index in [0.29, 0.717) is 6.61 Å². The van der Waals surface area contributed by atoms with Crippen molar-refractivity contribution in [1.29, 1.82) is 0 Å². The summed E-state index contributed by atoms with van der Waals surface area (Å²) < 4.78 is 15.7. The Morgan fingerprint density at radius 1 is 0.720 bits per heavy atom. The monoisotopic (exact) mass is 366 g/mol. The van der Waals surface area contributed by atoms with Crippen LogP contribution in [0.3, 0.4) is 0 Å². The van der Waals surface area contributed by atoms with Gasteiger partial charge in [-0.2, -0.15) is 0 Å². The number of hydrogen-bond acceptors (Lipinski definition) is 2. The van der Waals surface area contributed by atoms with E-state index in [1.54, 1.807) is 0 Å². The third-order valence-corrected chi connectivity index (χ3v) is 3.80. The molecule has 142 valence electrons. The molecule has 0 aromatic rings. The normalized spacial score (nSPS) is 13.6. The van der Waals surface area contributed by atoms with Crippen LogP contribution in [0.2, 0.25) is 0 Å². The highest BCUT2D eigenvalue weighted by atomic mass is 31.2. The summed E-state index contributed by atoms with van der Waals surface area (Å²) in [5.74, 6) is 0. The number of allylic oxidation sites excluding steroid dienone is 10. The molecule has 0 rings (SSSR count). The van der Waals surface area contributed by atoms with Gasteiger partial charge in [-0.15, -0.1) is 0 Å². The van der Waals surface area contributed by atoms with Crippen LogP contribution in [0, 0.1) is 0 Å². The predicted molar refractivity (Wildman–Crippen MR) is 110 cm³/mol. The van der Waals surface area contributed by atoms with Gasteiger partial charge in [0, 0.05) is 0 Å². The highest BCUT2D eigenvalue weighted by molar-refractivity contribution is 7.53. The van der Waals surface area contributed by atoms with Gasteiger partial charge < -0.3 is 4.52 Å². The van der Waals surface area contributed by atoms with Crippen LogP contribution in [0.1, 0.15) is 58.3 Å². The number of hydrogen-bond donors (Lipinski definition) is 2. The van der Waals surface area contributed by atoms with E-state index in [1.807, 2.05) is 0 Å². The molecule has 0 heterocycles. The maximum atomic E-state index is 10.9. The van der Waals surface area contributed by atoms with Gasteiger partial charge in [0.25, 0.3) is 0 Å². The van der Waals surface area contributed by atoms with Crippen LogP contribution in [0.15, 0.2) is 60.8 Å². The molecule has 4 N–H and O–H groups in total. The van der Waals surface area contributed by atoms with Gasteiger partial charge in [-0.05, 0) is 51.4 Å². The zero-order chi connectivity index (χ0) is 18.6. The summed E-state index contributed by atoms with van der Waals surface area (Å²) in [6.07, 6.45) is 29.7. The average Bonchev–Trinajstić information content (AvgIpc) is 2.56. The minimum Gasteiger partial charge on any atom is -0.306 e. The van der Waals surface area contributed by atoms with E-state index < -0.39 is 7.67 Å². The van der Waals surface area contributed by atoms with E-state index in [0.717, 1.165) is 51.4 Å². The van der Waals surface area contributed by atoms with Gasteiger partial charge in [0.05, 0.1) is 6.61 Å². The molecule has 0 aromatic heterocycles. The lowest BCUT2D eigenvalue weighted by atomic mass is 10.2. The number of unbranched alkanes of at least 4 members (excludes halogenated alkanes) is 2. The molecule has 0 aliphatic rings. The van der Waals surface area contributed by atoms with Crippen molar-refractivity contribution in [2.45, 2.75) is 58.3 Å². The second kappa shape index (κ2) is 17.6. The largest absolute Gasteiger partial charge is 0.335 e. The smallest absolute Gasteiger partial charge is 0.306 e. The molecule has 0 aliphatic carbocycles. The van der Waals surface area contributed by atoms with Crippen LogP contribution in [-0.2, 0) is 9.09 Å². The lowest BCUT2D eigenvalue weighted by Crippen LogP contribution is -2.08. The number of rotatable bonds is 15. The molecule has 0 atom stereocenters.